The van der Waals surface area contributed by atoms with Crippen molar-refractivity contribution >= 4 is 39.8 Å². The summed E-state index contributed by atoms with van der Waals surface area (Å²) in [7, 11) is 0. The van der Waals surface area contributed by atoms with Crippen molar-refractivity contribution in [2.75, 3.05) is 29.6 Å². The Bertz CT molecular complexity index is 1370. The molecule has 0 bridgehead atoms. The number of thioether (sulfide) groups is 1. The third kappa shape index (κ3) is 5.22. The Labute approximate surface area is 207 Å². The number of piperidine rings is 1. The molecule has 178 valence electrons. The van der Waals surface area contributed by atoms with Gasteiger partial charge in [0.15, 0.2) is 5.16 Å². The number of hydrogen-bond donors (Lipinski definition) is 1. The van der Waals surface area contributed by atoms with Crippen LogP contribution in [0.3, 0.4) is 0 Å². The van der Waals surface area contributed by atoms with Gasteiger partial charge in [-0.1, -0.05) is 36.0 Å². The second kappa shape index (κ2) is 10.3. The van der Waals surface area contributed by atoms with Crippen LogP contribution in [0.25, 0.3) is 10.8 Å². The van der Waals surface area contributed by atoms with Crippen LogP contribution in [0, 0.1) is 5.82 Å². The Hall–Kier alpha value is -3.65. The zero-order valence-electron chi connectivity index (χ0n) is 19.3. The maximum absolute atomic E-state index is 14.4. The summed E-state index contributed by atoms with van der Waals surface area (Å²) in [5, 5.41) is 5.21. The Balaban J connectivity index is 1.42. The van der Waals surface area contributed by atoms with E-state index in [9.17, 15) is 9.18 Å². The van der Waals surface area contributed by atoms with Crippen molar-refractivity contribution in [3.63, 3.8) is 0 Å². The first kappa shape index (κ1) is 23.1. The highest BCUT2D eigenvalue weighted by Crippen LogP contribution is 2.34. The summed E-state index contributed by atoms with van der Waals surface area (Å²) in [6.45, 7) is 1.75. The summed E-state index contributed by atoms with van der Waals surface area (Å²) in [5.41, 5.74) is 1.66. The zero-order chi connectivity index (χ0) is 24.2. The molecule has 2 heterocycles. The molecule has 0 unspecified atom stereocenters. The number of carbonyl (C=O) groups is 1. The highest BCUT2D eigenvalue weighted by Gasteiger charge is 2.17. The van der Waals surface area contributed by atoms with E-state index in [4.69, 9.17) is 4.74 Å². The van der Waals surface area contributed by atoms with Gasteiger partial charge in [0.05, 0.1) is 0 Å². The number of fused-ring (bicyclic) bond motifs is 1. The molecule has 1 aromatic heterocycles. The van der Waals surface area contributed by atoms with Gasteiger partial charge in [0, 0.05) is 53.1 Å². The fourth-order valence-electron chi connectivity index (χ4n) is 4.30. The quantitative estimate of drug-likeness (QED) is 0.246. The number of aromatic nitrogens is 2. The molecule has 6 nitrogen and oxygen atoms in total. The van der Waals surface area contributed by atoms with Crippen molar-refractivity contribution in [1.82, 2.24) is 9.97 Å². The van der Waals surface area contributed by atoms with E-state index in [1.807, 2.05) is 30.5 Å². The lowest BCUT2D eigenvalue weighted by molar-refractivity contribution is 0.102. The van der Waals surface area contributed by atoms with E-state index in [0.29, 0.717) is 28.0 Å². The van der Waals surface area contributed by atoms with Crippen LogP contribution in [0.1, 0.15) is 29.6 Å². The number of halogens is 1. The lowest BCUT2D eigenvalue weighted by Crippen LogP contribution is -2.29. The number of rotatable bonds is 6. The van der Waals surface area contributed by atoms with E-state index in [1.165, 1.54) is 30.3 Å². The summed E-state index contributed by atoms with van der Waals surface area (Å²) in [5.74, 6) is 0.280. The first-order valence-corrected chi connectivity index (χ1v) is 12.8. The van der Waals surface area contributed by atoms with Crippen molar-refractivity contribution in [2.45, 2.75) is 24.4 Å². The van der Waals surface area contributed by atoms with Crippen molar-refractivity contribution < 1.29 is 13.9 Å². The number of carbonyl (C=O) groups excluding carboxylic acids is 1. The molecule has 1 N–H and O–H groups in total. The van der Waals surface area contributed by atoms with Gasteiger partial charge < -0.3 is 15.0 Å². The third-order valence-electron chi connectivity index (χ3n) is 6.00. The summed E-state index contributed by atoms with van der Waals surface area (Å²) >= 11 is 1.44. The average Bonchev–Trinajstić information content (AvgIpc) is 2.90. The van der Waals surface area contributed by atoms with E-state index in [1.54, 1.807) is 30.5 Å². The van der Waals surface area contributed by atoms with Gasteiger partial charge >= 0.3 is 0 Å². The fraction of sp³-hybridized carbons (Fsp3) is 0.222. The fourth-order valence-corrected chi connectivity index (χ4v) is 4.64. The molecule has 0 atom stereocenters. The van der Waals surface area contributed by atoms with Crippen LogP contribution in [0.15, 0.2) is 72.0 Å². The molecule has 0 aliphatic carbocycles. The molecule has 5 rings (SSSR count). The van der Waals surface area contributed by atoms with Crippen LogP contribution in [0.5, 0.6) is 11.6 Å². The molecule has 1 fully saturated rings. The Kier molecular flexibility index (Phi) is 6.81. The van der Waals surface area contributed by atoms with Crippen LogP contribution < -0.4 is 15.0 Å². The largest absolute Gasteiger partial charge is 0.438 e. The number of ether oxygens (including phenoxy) is 1. The monoisotopic (exact) mass is 488 g/mol. The number of nitrogens with one attached hydrogen (secondary N) is 1. The Morgan fingerprint density at radius 3 is 2.63 bits per heavy atom. The van der Waals surface area contributed by atoms with Crippen molar-refractivity contribution in [1.29, 1.82) is 0 Å². The number of anilines is 2. The molecule has 1 aliphatic heterocycles. The molecular formula is C27H25FN4O2S. The van der Waals surface area contributed by atoms with Crippen molar-refractivity contribution in [2.24, 2.45) is 0 Å². The first-order valence-electron chi connectivity index (χ1n) is 11.5. The minimum absolute atomic E-state index is 0.292. The smallest absolute Gasteiger partial charge is 0.255 e. The molecule has 8 heteroatoms. The van der Waals surface area contributed by atoms with Crippen LogP contribution in [0.4, 0.5) is 15.8 Å². The van der Waals surface area contributed by atoms with E-state index in [0.717, 1.165) is 42.4 Å². The van der Waals surface area contributed by atoms with Gasteiger partial charge in [-0.25, -0.2) is 9.37 Å². The van der Waals surface area contributed by atoms with E-state index in [-0.39, 0.29) is 5.91 Å². The van der Waals surface area contributed by atoms with Crippen molar-refractivity contribution in [3.05, 3.63) is 78.2 Å². The van der Waals surface area contributed by atoms with E-state index in [2.05, 4.69) is 20.2 Å². The normalized spacial score (nSPS) is 13.6. The highest BCUT2D eigenvalue weighted by molar-refractivity contribution is 7.98. The molecule has 0 saturated carbocycles. The summed E-state index contributed by atoms with van der Waals surface area (Å²) in [4.78, 5) is 23.8. The van der Waals surface area contributed by atoms with Gasteiger partial charge in [0.25, 0.3) is 5.91 Å². The minimum Gasteiger partial charge on any atom is -0.438 e. The first-order chi connectivity index (χ1) is 17.1. The lowest BCUT2D eigenvalue weighted by atomic mass is 10.1. The number of hydrogen-bond acceptors (Lipinski definition) is 6. The number of nitrogens with zero attached hydrogens (tertiary/aromatic N) is 3. The standard InChI is InChI=1S/C27H25FN4O2S/c1-35-27-29-12-11-25(31-27)34-24-10-9-23(21-7-3-4-8-22(21)24)30-26(33)18-15-19(28)17-20(16-18)32-13-5-2-6-14-32/h3-4,7-12,15-17H,2,5-6,13-14H2,1H3,(H,30,33). The van der Waals surface area contributed by atoms with Gasteiger partial charge in [0.2, 0.25) is 5.88 Å². The Morgan fingerprint density at radius 1 is 1.03 bits per heavy atom. The van der Waals surface area contributed by atoms with Crippen LogP contribution >= 0.6 is 11.8 Å². The van der Waals surface area contributed by atoms with Crippen LogP contribution in [-0.4, -0.2) is 35.2 Å². The summed E-state index contributed by atoms with van der Waals surface area (Å²) in [6, 6.07) is 17.5. The predicted molar refractivity (Wildman–Crippen MR) is 138 cm³/mol. The number of benzene rings is 3. The average molecular weight is 489 g/mol. The van der Waals surface area contributed by atoms with Gasteiger partial charge in [-0.05, 0) is 55.9 Å². The van der Waals surface area contributed by atoms with Crippen molar-refractivity contribution in [3.8, 4) is 11.6 Å². The maximum Gasteiger partial charge on any atom is 0.255 e. The molecule has 1 saturated heterocycles. The van der Waals surface area contributed by atoms with Gasteiger partial charge in [-0.2, -0.15) is 4.98 Å². The SMILES string of the molecule is CSc1nccc(Oc2ccc(NC(=O)c3cc(F)cc(N4CCCCC4)c3)c3ccccc23)n1. The summed E-state index contributed by atoms with van der Waals surface area (Å²) in [6.07, 6.45) is 6.89. The highest BCUT2D eigenvalue weighted by atomic mass is 32.2. The topological polar surface area (TPSA) is 67.3 Å². The Morgan fingerprint density at radius 2 is 1.83 bits per heavy atom. The molecule has 0 spiro atoms. The molecule has 1 amide bonds. The zero-order valence-corrected chi connectivity index (χ0v) is 20.1. The third-order valence-corrected chi connectivity index (χ3v) is 6.57. The molecule has 4 aromatic rings. The molecule has 35 heavy (non-hydrogen) atoms. The van der Waals surface area contributed by atoms with Crippen LogP contribution in [-0.2, 0) is 0 Å². The van der Waals surface area contributed by atoms with Gasteiger partial charge in [-0.15, -0.1) is 0 Å². The second-order valence-corrected chi connectivity index (χ2v) is 9.11. The van der Waals surface area contributed by atoms with Gasteiger partial charge in [-0.3, -0.25) is 4.79 Å². The second-order valence-electron chi connectivity index (χ2n) is 8.34. The van der Waals surface area contributed by atoms with Gasteiger partial charge in [0.1, 0.15) is 11.6 Å². The minimum atomic E-state index is -0.415. The molecular weight excluding hydrogens is 463 g/mol. The molecule has 0 radical (unpaired) electrons. The predicted octanol–water partition coefficient (Wildman–Crippen LogP) is 6.53. The maximum atomic E-state index is 14.4. The summed E-state index contributed by atoms with van der Waals surface area (Å²) < 4.78 is 20.5. The molecule has 3 aromatic carbocycles. The number of amides is 1. The lowest BCUT2D eigenvalue weighted by Gasteiger charge is -2.29. The molecule has 1 aliphatic rings. The van der Waals surface area contributed by atoms with Crippen LogP contribution in [0.2, 0.25) is 0 Å². The van der Waals surface area contributed by atoms with E-state index < -0.39 is 5.82 Å². The van der Waals surface area contributed by atoms with E-state index >= 15 is 0 Å².